The van der Waals surface area contributed by atoms with Gasteiger partial charge in [0.2, 0.25) is 0 Å². The highest BCUT2D eigenvalue weighted by molar-refractivity contribution is 7.98. The van der Waals surface area contributed by atoms with Gasteiger partial charge in [-0.05, 0) is 24.6 Å². The Labute approximate surface area is 70.7 Å². The Hall–Kier alpha value is -0.540. The molecule has 3 heteroatoms. The zero-order valence-corrected chi connectivity index (χ0v) is 7.21. The summed E-state index contributed by atoms with van der Waals surface area (Å²) in [5.74, 6) is 0.847. The highest BCUT2D eigenvalue weighted by atomic mass is 32.2. The molecule has 0 aliphatic heterocycles. The molecule has 0 aliphatic rings. The van der Waals surface area contributed by atoms with Gasteiger partial charge < -0.3 is 5.11 Å². The molecule has 0 bridgehead atoms. The van der Waals surface area contributed by atoms with Crippen LogP contribution in [-0.2, 0) is 5.75 Å². The molecule has 1 N–H and O–H groups in total. The van der Waals surface area contributed by atoms with E-state index < -0.39 is 0 Å². The third-order valence-corrected chi connectivity index (χ3v) is 2.22. The number of hydrogen-bond acceptors (Lipinski definition) is 3. The number of rotatable bonds is 3. The summed E-state index contributed by atoms with van der Waals surface area (Å²) >= 11 is 1.51. The minimum atomic E-state index is -0.289. The fourth-order valence-corrected chi connectivity index (χ4v) is 1.32. The van der Waals surface area contributed by atoms with Crippen LogP contribution in [0.25, 0.3) is 0 Å². The quantitative estimate of drug-likeness (QED) is 0.698. The molecule has 1 atom stereocenters. The molecule has 0 saturated carbocycles. The first-order chi connectivity index (χ1) is 5.29. The van der Waals surface area contributed by atoms with Crippen molar-refractivity contribution in [2.75, 3.05) is 0 Å². The van der Waals surface area contributed by atoms with E-state index in [-0.39, 0.29) is 5.44 Å². The van der Waals surface area contributed by atoms with Gasteiger partial charge in [0, 0.05) is 18.1 Å². The number of thioether (sulfide) groups is 1. The van der Waals surface area contributed by atoms with Crippen LogP contribution in [0.2, 0.25) is 0 Å². The maximum atomic E-state index is 8.96. The van der Waals surface area contributed by atoms with E-state index in [4.69, 9.17) is 5.11 Å². The lowest BCUT2D eigenvalue weighted by atomic mass is 10.3. The summed E-state index contributed by atoms with van der Waals surface area (Å²) in [6, 6.07) is 3.91. The lowest BCUT2D eigenvalue weighted by molar-refractivity contribution is 0.284. The van der Waals surface area contributed by atoms with Crippen LogP contribution in [-0.4, -0.2) is 15.5 Å². The number of pyridine rings is 1. The van der Waals surface area contributed by atoms with Gasteiger partial charge in [0.05, 0.1) is 5.44 Å². The Balaban J connectivity index is 2.39. The van der Waals surface area contributed by atoms with Gasteiger partial charge in [0.15, 0.2) is 0 Å². The van der Waals surface area contributed by atoms with Gasteiger partial charge in [0.1, 0.15) is 0 Å². The smallest absolute Gasteiger partial charge is 0.0967 e. The lowest BCUT2D eigenvalue weighted by Crippen LogP contribution is -1.92. The molecule has 0 radical (unpaired) electrons. The lowest BCUT2D eigenvalue weighted by Gasteiger charge is -2.02. The fraction of sp³-hybridized carbons (Fsp3) is 0.375. The molecule has 0 aromatic carbocycles. The first-order valence-electron chi connectivity index (χ1n) is 3.47. The van der Waals surface area contributed by atoms with Crippen LogP contribution in [0.4, 0.5) is 0 Å². The van der Waals surface area contributed by atoms with Crippen LogP contribution in [0.1, 0.15) is 12.5 Å². The maximum Gasteiger partial charge on any atom is 0.0967 e. The van der Waals surface area contributed by atoms with E-state index in [0.717, 1.165) is 5.75 Å². The minimum Gasteiger partial charge on any atom is -0.383 e. The third-order valence-electron chi connectivity index (χ3n) is 1.24. The van der Waals surface area contributed by atoms with E-state index in [1.165, 1.54) is 17.3 Å². The first-order valence-corrected chi connectivity index (χ1v) is 4.52. The van der Waals surface area contributed by atoms with Crippen molar-refractivity contribution in [3.8, 4) is 0 Å². The van der Waals surface area contributed by atoms with E-state index in [2.05, 4.69) is 4.98 Å². The van der Waals surface area contributed by atoms with E-state index in [0.29, 0.717) is 0 Å². The van der Waals surface area contributed by atoms with Gasteiger partial charge >= 0.3 is 0 Å². The average molecular weight is 169 g/mol. The summed E-state index contributed by atoms with van der Waals surface area (Å²) in [5, 5.41) is 8.96. The standard InChI is InChI=1S/C8H11NOS/c1-7(10)11-6-8-2-4-9-5-3-8/h2-5,7,10H,6H2,1H3. The summed E-state index contributed by atoms with van der Waals surface area (Å²) in [5.41, 5.74) is 0.911. The van der Waals surface area contributed by atoms with E-state index in [1.54, 1.807) is 19.3 Å². The van der Waals surface area contributed by atoms with Gasteiger partial charge in [-0.1, -0.05) is 0 Å². The molecule has 2 nitrogen and oxygen atoms in total. The zero-order valence-electron chi connectivity index (χ0n) is 6.40. The number of hydrogen-bond donors (Lipinski definition) is 1. The zero-order chi connectivity index (χ0) is 8.10. The Morgan fingerprint density at radius 2 is 2.18 bits per heavy atom. The number of nitrogens with zero attached hydrogens (tertiary/aromatic N) is 1. The van der Waals surface area contributed by atoms with Crippen LogP contribution < -0.4 is 0 Å². The fourth-order valence-electron chi connectivity index (χ4n) is 0.696. The number of aliphatic hydroxyl groups is 1. The molecule has 0 amide bonds. The van der Waals surface area contributed by atoms with Crippen molar-refractivity contribution in [3.05, 3.63) is 30.1 Å². The number of aliphatic hydroxyl groups excluding tert-OH is 1. The van der Waals surface area contributed by atoms with E-state index in [1.807, 2.05) is 12.1 Å². The van der Waals surface area contributed by atoms with Crippen LogP contribution in [0, 0.1) is 0 Å². The maximum absolute atomic E-state index is 8.96. The summed E-state index contributed by atoms with van der Waals surface area (Å²) in [6.45, 7) is 1.77. The van der Waals surface area contributed by atoms with E-state index in [9.17, 15) is 0 Å². The van der Waals surface area contributed by atoms with Gasteiger partial charge in [-0.3, -0.25) is 4.98 Å². The molecule has 0 aliphatic carbocycles. The summed E-state index contributed by atoms with van der Waals surface area (Å²) in [4.78, 5) is 3.90. The second kappa shape index (κ2) is 4.36. The Bertz CT molecular complexity index is 201. The Morgan fingerprint density at radius 3 is 2.73 bits per heavy atom. The predicted octanol–water partition coefficient (Wildman–Crippen LogP) is 1.65. The highest BCUT2D eigenvalue weighted by Crippen LogP contribution is 2.14. The van der Waals surface area contributed by atoms with Crippen molar-refractivity contribution >= 4 is 11.8 Å². The van der Waals surface area contributed by atoms with Gasteiger partial charge in [-0.15, -0.1) is 11.8 Å². The topological polar surface area (TPSA) is 33.1 Å². The molecular formula is C8H11NOS. The highest BCUT2D eigenvalue weighted by Gasteiger charge is 1.96. The summed E-state index contributed by atoms with van der Waals surface area (Å²) < 4.78 is 0. The second-order valence-corrected chi connectivity index (χ2v) is 3.57. The molecule has 1 aromatic heterocycles. The molecule has 0 saturated heterocycles. The van der Waals surface area contributed by atoms with E-state index >= 15 is 0 Å². The number of aromatic nitrogens is 1. The second-order valence-electron chi connectivity index (χ2n) is 2.27. The predicted molar refractivity (Wildman–Crippen MR) is 47.2 cm³/mol. The molecule has 1 unspecified atom stereocenters. The molecule has 60 valence electrons. The first kappa shape index (κ1) is 8.56. The SMILES string of the molecule is CC(O)SCc1ccncc1. The molecule has 0 fully saturated rings. The minimum absolute atomic E-state index is 0.289. The van der Waals surface area contributed by atoms with Crippen LogP contribution in [0.3, 0.4) is 0 Å². The van der Waals surface area contributed by atoms with Gasteiger partial charge in [-0.25, -0.2) is 0 Å². The third kappa shape index (κ3) is 3.39. The van der Waals surface area contributed by atoms with Gasteiger partial charge in [0.25, 0.3) is 0 Å². The van der Waals surface area contributed by atoms with Crippen molar-refractivity contribution in [2.45, 2.75) is 18.1 Å². The normalized spacial score (nSPS) is 12.9. The van der Waals surface area contributed by atoms with Crippen molar-refractivity contribution < 1.29 is 5.11 Å². The molecule has 1 rings (SSSR count). The van der Waals surface area contributed by atoms with Crippen LogP contribution in [0.5, 0.6) is 0 Å². The largest absolute Gasteiger partial charge is 0.383 e. The average Bonchev–Trinajstić information content (AvgIpc) is 2.03. The monoisotopic (exact) mass is 169 g/mol. The van der Waals surface area contributed by atoms with Crippen LogP contribution >= 0.6 is 11.8 Å². The van der Waals surface area contributed by atoms with Crippen molar-refractivity contribution in [1.82, 2.24) is 4.98 Å². The Kier molecular flexibility index (Phi) is 3.39. The molecule has 1 aromatic rings. The Morgan fingerprint density at radius 1 is 1.55 bits per heavy atom. The van der Waals surface area contributed by atoms with Crippen LogP contribution in [0.15, 0.2) is 24.5 Å². The van der Waals surface area contributed by atoms with Crippen molar-refractivity contribution in [2.24, 2.45) is 0 Å². The van der Waals surface area contributed by atoms with Crippen molar-refractivity contribution in [1.29, 1.82) is 0 Å². The molecule has 1 heterocycles. The summed E-state index contributed by atoms with van der Waals surface area (Å²) in [7, 11) is 0. The summed E-state index contributed by atoms with van der Waals surface area (Å²) in [6.07, 6.45) is 3.52. The van der Waals surface area contributed by atoms with Gasteiger partial charge in [-0.2, -0.15) is 0 Å². The van der Waals surface area contributed by atoms with Crippen molar-refractivity contribution in [3.63, 3.8) is 0 Å². The molecule has 11 heavy (non-hydrogen) atoms. The molecular weight excluding hydrogens is 158 g/mol. The molecule has 0 spiro atoms.